The summed E-state index contributed by atoms with van der Waals surface area (Å²) in [6.07, 6.45) is 0.714. The lowest BCUT2D eigenvalue weighted by Crippen LogP contribution is -2.50. The van der Waals surface area contributed by atoms with Gasteiger partial charge in [0.1, 0.15) is 0 Å². The summed E-state index contributed by atoms with van der Waals surface area (Å²) < 4.78 is 7.48. The number of rotatable bonds is 9. The minimum absolute atomic E-state index is 0.0142. The Kier molecular flexibility index (Phi) is 8.10. The summed E-state index contributed by atoms with van der Waals surface area (Å²) in [5, 5.41) is 19.7. The maximum absolute atomic E-state index is 13.0. The lowest BCUT2D eigenvalue weighted by Gasteiger charge is -2.41. The van der Waals surface area contributed by atoms with Crippen molar-refractivity contribution in [2.24, 2.45) is 5.73 Å². The van der Waals surface area contributed by atoms with Gasteiger partial charge in [0.05, 0.1) is 11.7 Å². The minimum atomic E-state index is -2.18. The lowest BCUT2D eigenvalue weighted by atomic mass is 9.95. The maximum atomic E-state index is 13.0. The Labute approximate surface area is 208 Å². The van der Waals surface area contributed by atoms with Gasteiger partial charge in [-0.25, -0.2) is 4.79 Å². The van der Waals surface area contributed by atoms with E-state index in [1.54, 1.807) is 12.1 Å². The quantitative estimate of drug-likeness (QED) is 0.372. The molecule has 2 atom stereocenters. The van der Waals surface area contributed by atoms with Gasteiger partial charge < -0.3 is 25.2 Å². The topological polar surface area (TPSA) is 107 Å². The SMILES string of the molecule is CC(C)(C)[Si](C)(C)O[C@H](Cc1ccccc1C(=O)On1c(O)ccc1O)[C@H](N)Cc1ccccc1. The van der Waals surface area contributed by atoms with Crippen molar-refractivity contribution in [2.75, 3.05) is 0 Å². The van der Waals surface area contributed by atoms with Crippen LogP contribution in [0, 0.1) is 0 Å². The Hall–Kier alpha value is -3.07. The summed E-state index contributed by atoms with van der Waals surface area (Å²) in [5.74, 6) is -1.46. The van der Waals surface area contributed by atoms with Gasteiger partial charge in [0, 0.05) is 18.2 Å². The number of hydrogen-bond acceptors (Lipinski definition) is 6. The molecule has 0 aliphatic carbocycles. The Morgan fingerprint density at radius 3 is 2.11 bits per heavy atom. The molecule has 0 unspecified atom stereocenters. The van der Waals surface area contributed by atoms with Gasteiger partial charge in [-0.3, -0.25) is 0 Å². The molecule has 4 N–H and O–H groups in total. The summed E-state index contributed by atoms with van der Waals surface area (Å²) in [4.78, 5) is 18.2. The molecule has 7 nitrogen and oxygen atoms in total. The summed E-state index contributed by atoms with van der Waals surface area (Å²) in [6.45, 7) is 10.9. The van der Waals surface area contributed by atoms with Crippen LogP contribution in [0.4, 0.5) is 0 Å². The van der Waals surface area contributed by atoms with Gasteiger partial charge in [0.15, 0.2) is 8.32 Å². The molecule has 1 aromatic heterocycles. The Morgan fingerprint density at radius 1 is 0.943 bits per heavy atom. The van der Waals surface area contributed by atoms with Crippen LogP contribution in [-0.4, -0.2) is 41.4 Å². The molecule has 0 aliphatic rings. The van der Waals surface area contributed by atoms with Crippen molar-refractivity contribution in [2.45, 2.75) is 63.9 Å². The first-order valence-electron chi connectivity index (χ1n) is 11.8. The Balaban J connectivity index is 1.90. The van der Waals surface area contributed by atoms with Crippen molar-refractivity contribution in [1.29, 1.82) is 0 Å². The highest BCUT2D eigenvalue weighted by atomic mass is 28.4. The van der Waals surface area contributed by atoms with Crippen LogP contribution in [0.15, 0.2) is 66.7 Å². The van der Waals surface area contributed by atoms with Crippen molar-refractivity contribution < 1.29 is 24.3 Å². The molecule has 188 valence electrons. The average Bonchev–Trinajstić information content (AvgIpc) is 3.10. The van der Waals surface area contributed by atoms with Crippen LogP contribution in [-0.2, 0) is 17.3 Å². The molecule has 3 aromatic rings. The summed E-state index contributed by atoms with van der Waals surface area (Å²) in [5.41, 5.74) is 8.89. The molecular formula is C27H36N2O5Si. The summed E-state index contributed by atoms with van der Waals surface area (Å²) in [6, 6.07) is 19.3. The molecule has 0 aliphatic heterocycles. The lowest BCUT2D eigenvalue weighted by molar-refractivity contribution is 0.0379. The second-order valence-corrected chi connectivity index (χ2v) is 15.1. The first kappa shape index (κ1) is 26.5. The van der Waals surface area contributed by atoms with Crippen LogP contribution in [0.5, 0.6) is 11.8 Å². The predicted molar refractivity (Wildman–Crippen MR) is 139 cm³/mol. The fourth-order valence-corrected chi connectivity index (χ4v) is 4.96. The zero-order valence-corrected chi connectivity index (χ0v) is 22.1. The third kappa shape index (κ3) is 6.54. The number of nitrogens with zero attached hydrogens (tertiary/aromatic N) is 1. The predicted octanol–water partition coefficient (Wildman–Crippen LogP) is 4.67. The third-order valence-electron chi connectivity index (χ3n) is 6.67. The molecule has 0 saturated carbocycles. The van der Waals surface area contributed by atoms with E-state index in [0.717, 1.165) is 11.1 Å². The van der Waals surface area contributed by atoms with Crippen molar-refractivity contribution in [3.05, 3.63) is 83.4 Å². The van der Waals surface area contributed by atoms with E-state index in [-0.39, 0.29) is 28.9 Å². The monoisotopic (exact) mass is 496 g/mol. The molecule has 0 saturated heterocycles. The molecule has 3 rings (SSSR count). The van der Waals surface area contributed by atoms with Crippen molar-refractivity contribution in [1.82, 2.24) is 4.73 Å². The zero-order valence-electron chi connectivity index (χ0n) is 21.1. The van der Waals surface area contributed by atoms with Gasteiger partial charge in [-0.2, -0.15) is 0 Å². The van der Waals surface area contributed by atoms with Crippen LogP contribution >= 0.6 is 0 Å². The summed E-state index contributed by atoms with van der Waals surface area (Å²) >= 11 is 0. The van der Waals surface area contributed by atoms with E-state index < -0.39 is 14.3 Å². The Bertz CT molecular complexity index is 1120. The minimum Gasteiger partial charge on any atom is -0.492 e. The molecular weight excluding hydrogens is 460 g/mol. The standard InChI is InChI=1S/C27H36N2O5Si/c1-27(2,3)35(4,5)34-23(22(28)17-19-11-7-6-8-12-19)18-20-13-9-10-14-21(20)26(32)33-29-24(30)15-16-25(29)31/h6-16,22-23,30-31H,17-18,28H2,1-5H3/t22-,23-/m1/s1. The normalized spacial score (nSPS) is 13.9. The van der Waals surface area contributed by atoms with E-state index in [1.165, 1.54) is 12.1 Å². The highest BCUT2D eigenvalue weighted by Gasteiger charge is 2.40. The molecule has 0 fully saturated rings. The van der Waals surface area contributed by atoms with E-state index in [0.29, 0.717) is 23.1 Å². The molecule has 35 heavy (non-hydrogen) atoms. The van der Waals surface area contributed by atoms with Gasteiger partial charge in [-0.15, -0.1) is 4.73 Å². The molecule has 0 bridgehead atoms. The van der Waals surface area contributed by atoms with Gasteiger partial charge >= 0.3 is 5.97 Å². The highest BCUT2D eigenvalue weighted by molar-refractivity contribution is 6.74. The van der Waals surface area contributed by atoms with Gasteiger partial charge in [-0.1, -0.05) is 69.3 Å². The first-order valence-corrected chi connectivity index (χ1v) is 14.7. The second kappa shape index (κ2) is 10.7. The van der Waals surface area contributed by atoms with Crippen molar-refractivity contribution >= 4 is 14.3 Å². The molecule has 0 amide bonds. The molecule has 8 heteroatoms. The van der Waals surface area contributed by atoms with Gasteiger partial charge in [-0.05, 0) is 48.2 Å². The molecule has 0 radical (unpaired) electrons. The van der Waals surface area contributed by atoms with E-state index in [4.69, 9.17) is 15.0 Å². The van der Waals surface area contributed by atoms with Gasteiger partial charge in [0.2, 0.25) is 11.8 Å². The summed E-state index contributed by atoms with van der Waals surface area (Å²) in [7, 11) is -2.18. The highest BCUT2D eigenvalue weighted by Crippen LogP contribution is 2.38. The number of carbonyl (C=O) groups is 1. The van der Waals surface area contributed by atoms with E-state index in [1.807, 2.05) is 42.5 Å². The Morgan fingerprint density at radius 2 is 1.51 bits per heavy atom. The van der Waals surface area contributed by atoms with Gasteiger partial charge in [0.25, 0.3) is 0 Å². The number of nitrogens with two attached hydrogens (primary N) is 1. The molecule has 0 spiro atoms. The number of benzene rings is 2. The van der Waals surface area contributed by atoms with Crippen molar-refractivity contribution in [3.63, 3.8) is 0 Å². The molecule has 1 heterocycles. The van der Waals surface area contributed by atoms with Crippen LogP contribution in [0.3, 0.4) is 0 Å². The van der Waals surface area contributed by atoms with Crippen LogP contribution < -0.4 is 10.6 Å². The number of carbonyl (C=O) groups excluding carboxylic acids is 1. The largest absolute Gasteiger partial charge is 0.492 e. The zero-order chi connectivity index (χ0) is 25.8. The number of aromatic nitrogens is 1. The van der Waals surface area contributed by atoms with E-state index >= 15 is 0 Å². The maximum Gasteiger partial charge on any atom is 0.364 e. The fraction of sp³-hybridized carbons (Fsp3) is 0.370. The number of aromatic hydroxyl groups is 2. The van der Waals surface area contributed by atoms with E-state index in [9.17, 15) is 15.0 Å². The van der Waals surface area contributed by atoms with Crippen molar-refractivity contribution in [3.8, 4) is 11.8 Å². The fourth-order valence-electron chi connectivity index (χ4n) is 3.59. The average molecular weight is 497 g/mol. The second-order valence-electron chi connectivity index (χ2n) is 10.4. The first-order chi connectivity index (χ1) is 16.4. The third-order valence-corrected chi connectivity index (χ3v) is 11.2. The number of hydrogen-bond donors (Lipinski definition) is 3. The van der Waals surface area contributed by atoms with E-state index in [2.05, 4.69) is 33.9 Å². The molecule has 2 aromatic carbocycles. The smallest absolute Gasteiger partial charge is 0.364 e. The van der Waals surface area contributed by atoms with Crippen LogP contribution in [0.2, 0.25) is 18.1 Å². The van der Waals surface area contributed by atoms with Crippen LogP contribution in [0.1, 0.15) is 42.3 Å². The van der Waals surface area contributed by atoms with Crippen LogP contribution in [0.25, 0.3) is 0 Å².